The van der Waals surface area contributed by atoms with Crippen LogP contribution in [-0.4, -0.2) is 5.78 Å². The van der Waals surface area contributed by atoms with Crippen LogP contribution >= 0.6 is 0 Å². The highest BCUT2D eigenvalue weighted by molar-refractivity contribution is 5.79. The van der Waals surface area contributed by atoms with Gasteiger partial charge in [-0.1, -0.05) is 0 Å². The Hall–Kier alpha value is -1.25. The molecule has 0 spiro atoms. The molecule has 0 aliphatic heterocycles. The largest absolute Gasteiger partial charge is 0.300 e. The summed E-state index contributed by atoms with van der Waals surface area (Å²) in [6.45, 7) is 0. The summed E-state index contributed by atoms with van der Waals surface area (Å²) >= 11 is 0. The first-order chi connectivity index (χ1) is 7.63. The molecular weight excluding hydrogens is 210 g/mol. The number of carbonyl (C=O) groups is 1. The summed E-state index contributed by atoms with van der Waals surface area (Å²) in [5, 5.41) is 0. The van der Waals surface area contributed by atoms with Gasteiger partial charge in [-0.25, -0.2) is 8.78 Å². The molecular formula is C13H14F2O. The van der Waals surface area contributed by atoms with Crippen molar-refractivity contribution in [3.05, 3.63) is 35.4 Å². The molecule has 1 saturated carbocycles. The third kappa shape index (κ3) is 2.87. The first kappa shape index (κ1) is 11.2. The van der Waals surface area contributed by atoms with Crippen LogP contribution < -0.4 is 0 Å². The van der Waals surface area contributed by atoms with Crippen LogP contribution in [-0.2, 0) is 11.2 Å². The number of Topliss-reactive ketones (excluding diaryl/α,β-unsaturated/α-hetero) is 1. The van der Waals surface area contributed by atoms with Gasteiger partial charge >= 0.3 is 0 Å². The Morgan fingerprint density at radius 2 is 1.62 bits per heavy atom. The molecule has 1 aliphatic carbocycles. The van der Waals surface area contributed by atoms with E-state index in [1.165, 1.54) is 12.1 Å². The van der Waals surface area contributed by atoms with E-state index in [1.807, 2.05) is 0 Å². The van der Waals surface area contributed by atoms with E-state index in [2.05, 4.69) is 0 Å². The van der Waals surface area contributed by atoms with Crippen molar-refractivity contribution in [2.75, 3.05) is 0 Å². The molecule has 1 aromatic rings. The zero-order valence-electron chi connectivity index (χ0n) is 9.01. The lowest BCUT2D eigenvalue weighted by Crippen LogP contribution is -2.15. The summed E-state index contributed by atoms with van der Waals surface area (Å²) in [6, 6.07) is 3.63. The number of benzene rings is 1. The summed E-state index contributed by atoms with van der Waals surface area (Å²) in [5.74, 6) is -0.357. The van der Waals surface area contributed by atoms with Gasteiger partial charge in [0.15, 0.2) is 0 Å². The van der Waals surface area contributed by atoms with Gasteiger partial charge in [0.05, 0.1) is 0 Å². The normalized spacial score (nSPS) is 17.8. The van der Waals surface area contributed by atoms with Gasteiger partial charge in [0.25, 0.3) is 0 Å². The van der Waals surface area contributed by atoms with E-state index in [9.17, 15) is 13.6 Å². The average molecular weight is 224 g/mol. The lowest BCUT2D eigenvalue weighted by Gasteiger charge is -2.20. The summed E-state index contributed by atoms with van der Waals surface area (Å²) < 4.78 is 25.9. The SMILES string of the molecule is O=C1CCC(Cc2cc(F)cc(F)c2)CC1. The topological polar surface area (TPSA) is 17.1 Å². The van der Waals surface area contributed by atoms with E-state index in [0.717, 1.165) is 18.9 Å². The van der Waals surface area contributed by atoms with E-state index in [-0.39, 0.29) is 0 Å². The van der Waals surface area contributed by atoms with Crippen molar-refractivity contribution in [1.29, 1.82) is 0 Å². The van der Waals surface area contributed by atoms with Crippen molar-refractivity contribution in [2.24, 2.45) is 5.92 Å². The highest BCUT2D eigenvalue weighted by Crippen LogP contribution is 2.25. The van der Waals surface area contributed by atoms with E-state index >= 15 is 0 Å². The van der Waals surface area contributed by atoms with Gasteiger partial charge in [0.2, 0.25) is 0 Å². The maximum atomic E-state index is 13.0. The summed E-state index contributed by atoms with van der Waals surface area (Å²) in [6.07, 6.45) is 3.58. The highest BCUT2D eigenvalue weighted by Gasteiger charge is 2.19. The fourth-order valence-corrected chi connectivity index (χ4v) is 2.27. The van der Waals surface area contributed by atoms with Crippen molar-refractivity contribution in [3.8, 4) is 0 Å². The molecule has 0 aromatic heterocycles. The summed E-state index contributed by atoms with van der Waals surface area (Å²) in [4.78, 5) is 11.0. The third-order valence-electron chi connectivity index (χ3n) is 3.11. The molecule has 2 rings (SSSR count). The van der Waals surface area contributed by atoms with Gasteiger partial charge in [-0.05, 0) is 42.9 Å². The molecule has 86 valence electrons. The molecule has 0 heterocycles. The van der Waals surface area contributed by atoms with E-state index in [0.29, 0.717) is 36.5 Å². The van der Waals surface area contributed by atoms with E-state index < -0.39 is 11.6 Å². The van der Waals surface area contributed by atoms with Crippen LogP contribution in [0.2, 0.25) is 0 Å². The van der Waals surface area contributed by atoms with Crippen LogP contribution in [0.5, 0.6) is 0 Å². The molecule has 1 nitrogen and oxygen atoms in total. The molecule has 3 heteroatoms. The smallest absolute Gasteiger partial charge is 0.132 e. The Morgan fingerprint density at radius 1 is 1.06 bits per heavy atom. The van der Waals surface area contributed by atoms with Crippen LogP contribution in [0, 0.1) is 17.6 Å². The Labute approximate surface area is 93.5 Å². The molecule has 1 fully saturated rings. The minimum absolute atomic E-state index is 0.307. The number of halogens is 2. The molecule has 0 N–H and O–H groups in total. The Kier molecular flexibility index (Phi) is 3.32. The second kappa shape index (κ2) is 4.73. The number of hydrogen-bond donors (Lipinski definition) is 0. The van der Waals surface area contributed by atoms with Crippen molar-refractivity contribution >= 4 is 5.78 Å². The van der Waals surface area contributed by atoms with Gasteiger partial charge in [-0.2, -0.15) is 0 Å². The molecule has 0 atom stereocenters. The fraction of sp³-hybridized carbons (Fsp3) is 0.462. The first-order valence-corrected chi connectivity index (χ1v) is 5.60. The minimum atomic E-state index is -0.526. The highest BCUT2D eigenvalue weighted by atomic mass is 19.1. The number of hydrogen-bond acceptors (Lipinski definition) is 1. The van der Waals surface area contributed by atoms with Gasteiger partial charge in [0, 0.05) is 18.9 Å². The second-order valence-corrected chi connectivity index (χ2v) is 4.46. The Bertz CT molecular complexity index is 371. The second-order valence-electron chi connectivity index (χ2n) is 4.46. The third-order valence-corrected chi connectivity index (χ3v) is 3.11. The number of carbonyl (C=O) groups excluding carboxylic acids is 1. The predicted molar refractivity (Wildman–Crippen MR) is 57.0 cm³/mol. The number of ketones is 1. The first-order valence-electron chi connectivity index (χ1n) is 5.60. The molecule has 0 unspecified atom stereocenters. The average Bonchev–Trinajstić information content (AvgIpc) is 2.20. The Morgan fingerprint density at radius 3 is 2.19 bits per heavy atom. The zero-order valence-corrected chi connectivity index (χ0v) is 9.01. The zero-order chi connectivity index (χ0) is 11.5. The lowest BCUT2D eigenvalue weighted by molar-refractivity contribution is -0.121. The maximum absolute atomic E-state index is 13.0. The quantitative estimate of drug-likeness (QED) is 0.753. The van der Waals surface area contributed by atoms with E-state index in [1.54, 1.807) is 0 Å². The minimum Gasteiger partial charge on any atom is -0.300 e. The van der Waals surface area contributed by atoms with Crippen molar-refractivity contribution in [2.45, 2.75) is 32.1 Å². The molecule has 0 bridgehead atoms. The Balaban J connectivity index is 2.00. The van der Waals surface area contributed by atoms with Gasteiger partial charge in [-0.3, -0.25) is 4.79 Å². The van der Waals surface area contributed by atoms with Crippen LogP contribution in [0.1, 0.15) is 31.2 Å². The standard InChI is InChI=1S/C13H14F2O/c14-11-6-10(7-12(15)8-11)5-9-1-3-13(16)4-2-9/h6-9H,1-5H2. The van der Waals surface area contributed by atoms with Crippen LogP contribution in [0.3, 0.4) is 0 Å². The summed E-state index contributed by atoms with van der Waals surface area (Å²) in [5.41, 5.74) is 0.692. The van der Waals surface area contributed by atoms with Crippen molar-refractivity contribution in [3.63, 3.8) is 0 Å². The van der Waals surface area contributed by atoms with Crippen LogP contribution in [0.15, 0.2) is 18.2 Å². The van der Waals surface area contributed by atoms with E-state index in [4.69, 9.17) is 0 Å². The summed E-state index contributed by atoms with van der Waals surface area (Å²) in [7, 11) is 0. The molecule has 0 amide bonds. The van der Waals surface area contributed by atoms with Crippen LogP contribution in [0.25, 0.3) is 0 Å². The monoisotopic (exact) mass is 224 g/mol. The fourth-order valence-electron chi connectivity index (χ4n) is 2.27. The molecule has 1 aromatic carbocycles. The number of rotatable bonds is 2. The molecule has 16 heavy (non-hydrogen) atoms. The lowest BCUT2D eigenvalue weighted by atomic mass is 9.84. The molecule has 1 aliphatic rings. The van der Waals surface area contributed by atoms with Crippen molar-refractivity contribution < 1.29 is 13.6 Å². The molecule has 0 radical (unpaired) electrons. The van der Waals surface area contributed by atoms with Gasteiger partial charge in [-0.15, -0.1) is 0 Å². The van der Waals surface area contributed by atoms with Gasteiger partial charge < -0.3 is 0 Å². The predicted octanol–water partition coefficient (Wildman–Crippen LogP) is 3.27. The molecule has 0 saturated heterocycles. The van der Waals surface area contributed by atoms with Crippen molar-refractivity contribution in [1.82, 2.24) is 0 Å². The van der Waals surface area contributed by atoms with Gasteiger partial charge in [0.1, 0.15) is 17.4 Å². The van der Waals surface area contributed by atoms with Crippen LogP contribution in [0.4, 0.5) is 8.78 Å². The maximum Gasteiger partial charge on any atom is 0.132 e.